The van der Waals surface area contributed by atoms with E-state index in [0.29, 0.717) is 25.4 Å². The number of aromatic nitrogens is 2. The molecule has 0 fully saturated rings. The van der Waals surface area contributed by atoms with Crippen LogP contribution >= 0.6 is 0 Å². The van der Waals surface area contributed by atoms with Crippen molar-refractivity contribution in [2.24, 2.45) is 0 Å². The summed E-state index contributed by atoms with van der Waals surface area (Å²) >= 11 is 0. The molecule has 0 atom stereocenters. The Hall–Kier alpha value is -2.67. The van der Waals surface area contributed by atoms with E-state index >= 15 is 0 Å². The van der Waals surface area contributed by atoms with Crippen molar-refractivity contribution in [3.8, 4) is 5.69 Å². The van der Waals surface area contributed by atoms with E-state index in [4.69, 9.17) is 9.84 Å². The number of methoxy groups -OCH3 is 1. The molecule has 1 aromatic heterocycles. The van der Waals surface area contributed by atoms with Crippen molar-refractivity contribution in [1.29, 1.82) is 0 Å². The molecule has 0 aliphatic rings. The van der Waals surface area contributed by atoms with Crippen LogP contribution in [0.25, 0.3) is 5.69 Å². The zero-order chi connectivity index (χ0) is 23.7. The Kier molecular flexibility index (Phi) is 9.44. The maximum absolute atomic E-state index is 12.9. The smallest absolute Gasteiger partial charge is 0.245 e. The van der Waals surface area contributed by atoms with Crippen molar-refractivity contribution in [2.45, 2.75) is 65.7 Å². The number of carbonyl (C=O) groups is 2. The van der Waals surface area contributed by atoms with E-state index in [1.165, 1.54) is 0 Å². The number of nitrogens with zero attached hydrogens (tertiary/aromatic N) is 3. The summed E-state index contributed by atoms with van der Waals surface area (Å²) in [5.74, 6) is 0.322. The quantitative estimate of drug-likeness (QED) is 0.521. The fraction of sp³-hybridized carbons (Fsp3) is 0.560. The second-order valence-corrected chi connectivity index (χ2v) is 9.23. The second kappa shape index (κ2) is 11.8. The fourth-order valence-corrected chi connectivity index (χ4v) is 3.33. The predicted octanol–water partition coefficient (Wildman–Crippen LogP) is 4.47. The van der Waals surface area contributed by atoms with Crippen LogP contribution in [0.15, 0.2) is 30.3 Å². The summed E-state index contributed by atoms with van der Waals surface area (Å²) in [5, 5.41) is 7.74. The lowest BCUT2D eigenvalue weighted by Crippen LogP contribution is -2.40. The predicted molar refractivity (Wildman–Crippen MR) is 128 cm³/mol. The van der Waals surface area contributed by atoms with Gasteiger partial charge in [0.15, 0.2) is 0 Å². The van der Waals surface area contributed by atoms with E-state index in [9.17, 15) is 9.59 Å². The van der Waals surface area contributed by atoms with Crippen molar-refractivity contribution in [3.63, 3.8) is 0 Å². The third-order valence-corrected chi connectivity index (χ3v) is 5.24. The standard InChI is InChI=1S/C25H38N4O3/c1-7-8-9-13-24(31)28(14-15-32-6)18-23(30)26-22-17-21(25(3,4)5)27-29(22)20-12-10-11-19(2)16-20/h10-12,16-17H,7-9,13-15,18H2,1-6H3,(H,26,30). The Bertz CT molecular complexity index is 899. The maximum Gasteiger partial charge on any atom is 0.245 e. The molecule has 0 aliphatic carbocycles. The van der Waals surface area contributed by atoms with Crippen LogP contribution in [0.5, 0.6) is 0 Å². The molecule has 2 rings (SSSR count). The van der Waals surface area contributed by atoms with Crippen molar-refractivity contribution < 1.29 is 14.3 Å². The lowest BCUT2D eigenvalue weighted by Gasteiger charge is -2.22. The largest absolute Gasteiger partial charge is 0.383 e. The topological polar surface area (TPSA) is 76.5 Å². The number of hydrogen-bond acceptors (Lipinski definition) is 4. The van der Waals surface area contributed by atoms with E-state index in [1.54, 1.807) is 16.7 Å². The SMILES string of the molecule is CCCCCC(=O)N(CCOC)CC(=O)Nc1cc(C(C)(C)C)nn1-c1cccc(C)c1. The molecule has 0 saturated carbocycles. The number of benzene rings is 1. The molecule has 7 heteroatoms. The zero-order valence-electron chi connectivity index (χ0n) is 20.4. The highest BCUT2D eigenvalue weighted by molar-refractivity contribution is 5.94. The Morgan fingerprint density at radius 2 is 1.94 bits per heavy atom. The van der Waals surface area contributed by atoms with Crippen molar-refractivity contribution in [2.75, 3.05) is 32.1 Å². The van der Waals surface area contributed by atoms with Gasteiger partial charge in [0.1, 0.15) is 5.82 Å². The summed E-state index contributed by atoms with van der Waals surface area (Å²) in [4.78, 5) is 27.2. The normalized spacial score (nSPS) is 11.4. The molecule has 0 spiro atoms. The van der Waals surface area contributed by atoms with Gasteiger partial charge in [0.05, 0.1) is 24.5 Å². The van der Waals surface area contributed by atoms with Gasteiger partial charge in [-0.2, -0.15) is 5.10 Å². The van der Waals surface area contributed by atoms with Gasteiger partial charge in [-0.15, -0.1) is 0 Å². The van der Waals surface area contributed by atoms with Crippen LogP contribution in [0.4, 0.5) is 5.82 Å². The maximum atomic E-state index is 12.9. The highest BCUT2D eigenvalue weighted by Crippen LogP contribution is 2.26. The van der Waals surface area contributed by atoms with Crippen LogP contribution in [-0.4, -0.2) is 53.3 Å². The summed E-state index contributed by atoms with van der Waals surface area (Å²) in [6.07, 6.45) is 3.32. The number of ether oxygens (including phenoxy) is 1. The molecule has 0 bridgehead atoms. The zero-order valence-corrected chi connectivity index (χ0v) is 20.4. The molecule has 1 aromatic carbocycles. The first-order valence-corrected chi connectivity index (χ1v) is 11.4. The lowest BCUT2D eigenvalue weighted by molar-refractivity contribution is -0.135. The molecule has 1 N–H and O–H groups in total. The molecule has 176 valence electrons. The Morgan fingerprint density at radius 1 is 1.19 bits per heavy atom. The number of rotatable bonds is 11. The lowest BCUT2D eigenvalue weighted by atomic mass is 9.92. The molecule has 0 aliphatic heterocycles. The molecule has 0 radical (unpaired) electrons. The highest BCUT2D eigenvalue weighted by atomic mass is 16.5. The first kappa shape index (κ1) is 25.6. The summed E-state index contributed by atoms with van der Waals surface area (Å²) in [5.41, 5.74) is 2.69. The Morgan fingerprint density at radius 3 is 2.56 bits per heavy atom. The molecule has 32 heavy (non-hydrogen) atoms. The van der Waals surface area contributed by atoms with Crippen LogP contribution in [0.3, 0.4) is 0 Å². The number of nitrogens with one attached hydrogen (secondary N) is 1. The first-order valence-electron chi connectivity index (χ1n) is 11.4. The van der Waals surface area contributed by atoms with Gasteiger partial charge in [-0.1, -0.05) is 52.7 Å². The van der Waals surface area contributed by atoms with Gasteiger partial charge in [-0.3, -0.25) is 9.59 Å². The van der Waals surface area contributed by atoms with Crippen LogP contribution in [0.1, 0.15) is 64.6 Å². The van der Waals surface area contributed by atoms with Gasteiger partial charge in [-0.25, -0.2) is 4.68 Å². The second-order valence-electron chi connectivity index (χ2n) is 9.23. The fourth-order valence-electron chi connectivity index (χ4n) is 3.33. The Labute approximate surface area is 192 Å². The third-order valence-electron chi connectivity index (χ3n) is 5.24. The molecule has 1 heterocycles. The first-order chi connectivity index (χ1) is 15.2. The number of aryl methyl sites for hydroxylation is 1. The molecular weight excluding hydrogens is 404 g/mol. The molecule has 2 aromatic rings. The number of anilines is 1. The van der Waals surface area contributed by atoms with E-state index < -0.39 is 0 Å². The summed E-state index contributed by atoms with van der Waals surface area (Å²) < 4.78 is 6.90. The number of hydrogen-bond donors (Lipinski definition) is 1. The number of carbonyl (C=O) groups excluding carboxylic acids is 2. The van der Waals surface area contributed by atoms with E-state index in [1.807, 2.05) is 37.3 Å². The molecule has 0 unspecified atom stereocenters. The van der Waals surface area contributed by atoms with Crippen LogP contribution in [0, 0.1) is 6.92 Å². The Balaban J connectivity index is 2.22. The van der Waals surface area contributed by atoms with Crippen molar-refractivity contribution >= 4 is 17.6 Å². The molecule has 0 saturated heterocycles. The highest BCUT2D eigenvalue weighted by Gasteiger charge is 2.23. The van der Waals surface area contributed by atoms with E-state index in [0.717, 1.165) is 36.2 Å². The van der Waals surface area contributed by atoms with E-state index in [2.05, 4.69) is 33.0 Å². The van der Waals surface area contributed by atoms with Crippen molar-refractivity contribution in [3.05, 3.63) is 41.6 Å². The van der Waals surface area contributed by atoms with Gasteiger partial charge in [0.2, 0.25) is 11.8 Å². The van der Waals surface area contributed by atoms with Gasteiger partial charge < -0.3 is 15.0 Å². The third kappa shape index (κ3) is 7.48. The minimum absolute atomic E-state index is 0.0157. The summed E-state index contributed by atoms with van der Waals surface area (Å²) in [6.45, 7) is 11.1. The van der Waals surface area contributed by atoms with Gasteiger partial charge in [0.25, 0.3) is 0 Å². The minimum Gasteiger partial charge on any atom is -0.383 e. The van der Waals surface area contributed by atoms with Crippen LogP contribution in [0.2, 0.25) is 0 Å². The van der Waals surface area contributed by atoms with Crippen molar-refractivity contribution in [1.82, 2.24) is 14.7 Å². The van der Waals surface area contributed by atoms with Crippen LogP contribution in [-0.2, 0) is 19.7 Å². The minimum atomic E-state index is -0.251. The molecular formula is C25H38N4O3. The molecule has 7 nitrogen and oxygen atoms in total. The van der Waals surface area contributed by atoms with Gasteiger partial charge >= 0.3 is 0 Å². The average Bonchev–Trinajstić information content (AvgIpc) is 3.15. The van der Waals surface area contributed by atoms with E-state index in [-0.39, 0.29) is 23.8 Å². The summed E-state index contributed by atoms with van der Waals surface area (Å²) in [7, 11) is 1.59. The number of amides is 2. The van der Waals surface area contributed by atoms with Gasteiger partial charge in [0, 0.05) is 31.6 Å². The summed E-state index contributed by atoms with van der Waals surface area (Å²) in [6, 6.07) is 9.88. The molecule has 2 amide bonds. The monoisotopic (exact) mass is 442 g/mol. The van der Waals surface area contributed by atoms with Crippen LogP contribution < -0.4 is 5.32 Å². The van der Waals surface area contributed by atoms with Gasteiger partial charge in [-0.05, 0) is 31.0 Å². The number of unbranched alkanes of at least 4 members (excludes halogenated alkanes) is 2. The average molecular weight is 443 g/mol.